The summed E-state index contributed by atoms with van der Waals surface area (Å²) >= 11 is 0. The summed E-state index contributed by atoms with van der Waals surface area (Å²) in [5.41, 5.74) is 1.88. The van der Waals surface area contributed by atoms with Crippen LogP contribution in [0.3, 0.4) is 0 Å². The van der Waals surface area contributed by atoms with E-state index in [1.165, 1.54) is 6.07 Å². The summed E-state index contributed by atoms with van der Waals surface area (Å²) in [6.07, 6.45) is 7.85. The topological polar surface area (TPSA) is 36.4 Å². The Kier molecular flexibility index (Phi) is 7.54. The molecule has 1 amide bonds. The average Bonchev–Trinajstić information content (AvgIpc) is 2.72. The molecule has 0 unspecified atom stereocenters. The third-order valence-corrected chi connectivity index (χ3v) is 5.57. The zero-order chi connectivity index (χ0) is 19.8. The first-order chi connectivity index (χ1) is 13.6. The lowest BCUT2D eigenvalue weighted by Gasteiger charge is -2.34. The van der Waals surface area contributed by atoms with Crippen molar-refractivity contribution in [2.75, 3.05) is 33.2 Å². The third kappa shape index (κ3) is 6.13. The van der Waals surface area contributed by atoms with Crippen LogP contribution in [0.25, 0.3) is 0 Å². The van der Waals surface area contributed by atoms with E-state index in [9.17, 15) is 9.18 Å². The van der Waals surface area contributed by atoms with E-state index < -0.39 is 0 Å². The predicted molar refractivity (Wildman–Crippen MR) is 109 cm³/mol. The molecule has 1 aliphatic rings. The van der Waals surface area contributed by atoms with Gasteiger partial charge in [0.2, 0.25) is 5.91 Å². The van der Waals surface area contributed by atoms with Crippen molar-refractivity contribution in [3.05, 3.63) is 65.7 Å². The molecule has 1 atom stereocenters. The Morgan fingerprint density at radius 3 is 2.89 bits per heavy atom. The van der Waals surface area contributed by atoms with Crippen molar-refractivity contribution >= 4 is 5.91 Å². The maximum atomic E-state index is 13.8. The van der Waals surface area contributed by atoms with Crippen molar-refractivity contribution in [1.82, 2.24) is 14.8 Å². The maximum absolute atomic E-state index is 13.8. The summed E-state index contributed by atoms with van der Waals surface area (Å²) in [5.74, 6) is 0.559. The first-order valence-corrected chi connectivity index (χ1v) is 10.2. The average molecular weight is 384 g/mol. The Bertz CT molecular complexity index is 753. The number of amides is 1. The lowest BCUT2D eigenvalue weighted by Crippen LogP contribution is -2.42. The molecule has 0 N–H and O–H groups in total. The number of nitrogens with zero attached hydrogens (tertiary/aromatic N) is 3. The van der Waals surface area contributed by atoms with Crippen molar-refractivity contribution in [1.29, 1.82) is 0 Å². The van der Waals surface area contributed by atoms with E-state index in [1.54, 1.807) is 12.3 Å². The van der Waals surface area contributed by atoms with Gasteiger partial charge in [-0.1, -0.05) is 24.3 Å². The van der Waals surface area contributed by atoms with E-state index >= 15 is 0 Å². The fourth-order valence-electron chi connectivity index (χ4n) is 3.96. The Morgan fingerprint density at radius 2 is 2.11 bits per heavy atom. The summed E-state index contributed by atoms with van der Waals surface area (Å²) in [4.78, 5) is 20.9. The van der Waals surface area contributed by atoms with E-state index in [0.29, 0.717) is 12.3 Å². The molecule has 1 fully saturated rings. The van der Waals surface area contributed by atoms with E-state index in [0.717, 1.165) is 63.0 Å². The Balaban J connectivity index is 1.42. The monoisotopic (exact) mass is 383 g/mol. The molecule has 0 bridgehead atoms. The molecular weight excluding hydrogens is 353 g/mol. The molecule has 1 aromatic heterocycles. The molecule has 0 radical (unpaired) electrons. The van der Waals surface area contributed by atoms with Crippen molar-refractivity contribution in [2.24, 2.45) is 5.92 Å². The highest BCUT2D eigenvalue weighted by Gasteiger charge is 2.22. The van der Waals surface area contributed by atoms with Crippen LogP contribution in [0.1, 0.15) is 30.4 Å². The highest BCUT2D eigenvalue weighted by atomic mass is 19.1. The Morgan fingerprint density at radius 1 is 1.25 bits per heavy atom. The van der Waals surface area contributed by atoms with Gasteiger partial charge in [0.15, 0.2) is 0 Å². The molecule has 0 saturated carbocycles. The second-order valence-corrected chi connectivity index (χ2v) is 7.79. The van der Waals surface area contributed by atoms with Crippen LogP contribution in [0.4, 0.5) is 4.39 Å². The van der Waals surface area contributed by atoms with E-state index in [-0.39, 0.29) is 11.7 Å². The highest BCUT2D eigenvalue weighted by Crippen LogP contribution is 2.19. The van der Waals surface area contributed by atoms with Crippen LogP contribution in [0.2, 0.25) is 0 Å². The summed E-state index contributed by atoms with van der Waals surface area (Å²) in [5, 5.41) is 0. The van der Waals surface area contributed by atoms with Gasteiger partial charge in [0.25, 0.3) is 0 Å². The second-order valence-electron chi connectivity index (χ2n) is 7.79. The number of aromatic nitrogens is 1. The summed E-state index contributed by atoms with van der Waals surface area (Å²) < 4.78 is 13.8. The van der Waals surface area contributed by atoms with Gasteiger partial charge in [-0.2, -0.15) is 0 Å². The number of halogens is 1. The second kappa shape index (κ2) is 10.3. The van der Waals surface area contributed by atoms with Gasteiger partial charge in [-0.3, -0.25) is 9.78 Å². The van der Waals surface area contributed by atoms with Crippen molar-refractivity contribution in [2.45, 2.75) is 32.1 Å². The lowest BCUT2D eigenvalue weighted by molar-refractivity contribution is -0.130. The standard InChI is InChI=1S/C23H30FN3O/c1-26(23(28)11-10-19-6-4-13-25-16-19)17-20-7-5-14-27(18-20)15-12-21-8-2-3-9-22(21)24/h2-4,6,8-9,13,16,20H,5,7,10-12,14-15,17-18H2,1H3/t20-/m1/s1. The number of pyridine rings is 1. The van der Waals surface area contributed by atoms with Gasteiger partial charge < -0.3 is 9.80 Å². The number of hydrogen-bond donors (Lipinski definition) is 0. The lowest BCUT2D eigenvalue weighted by atomic mass is 9.96. The number of aryl methyl sites for hydroxylation is 1. The predicted octanol–water partition coefficient (Wildman–Crippen LogP) is 3.57. The van der Waals surface area contributed by atoms with Crippen molar-refractivity contribution in [3.63, 3.8) is 0 Å². The minimum Gasteiger partial charge on any atom is -0.345 e. The largest absolute Gasteiger partial charge is 0.345 e. The van der Waals surface area contributed by atoms with Gasteiger partial charge in [-0.05, 0) is 61.4 Å². The smallest absolute Gasteiger partial charge is 0.222 e. The molecule has 2 aromatic rings. The van der Waals surface area contributed by atoms with Gasteiger partial charge >= 0.3 is 0 Å². The first kappa shape index (κ1) is 20.5. The Labute approximate surface area is 167 Å². The van der Waals surface area contributed by atoms with Gasteiger partial charge in [0, 0.05) is 45.5 Å². The normalized spacial score (nSPS) is 17.4. The molecule has 1 saturated heterocycles. The highest BCUT2D eigenvalue weighted by molar-refractivity contribution is 5.76. The number of carbonyl (C=O) groups excluding carboxylic acids is 1. The maximum Gasteiger partial charge on any atom is 0.222 e. The van der Waals surface area contributed by atoms with Crippen LogP contribution in [0, 0.1) is 11.7 Å². The zero-order valence-corrected chi connectivity index (χ0v) is 16.7. The summed E-state index contributed by atoms with van der Waals surface area (Å²) in [6, 6.07) is 10.9. The number of rotatable bonds is 8. The molecule has 4 nitrogen and oxygen atoms in total. The van der Waals surface area contributed by atoms with E-state index in [4.69, 9.17) is 0 Å². The number of hydrogen-bond acceptors (Lipinski definition) is 3. The van der Waals surface area contributed by atoms with Crippen LogP contribution in [-0.4, -0.2) is 53.9 Å². The fraction of sp³-hybridized carbons (Fsp3) is 0.478. The number of carbonyl (C=O) groups is 1. The molecule has 1 aromatic carbocycles. The quantitative estimate of drug-likeness (QED) is 0.699. The number of benzene rings is 1. The van der Waals surface area contributed by atoms with Gasteiger partial charge in [0.1, 0.15) is 5.82 Å². The SMILES string of the molecule is CN(C[C@H]1CCCN(CCc2ccccc2F)C1)C(=O)CCc1cccnc1. The van der Waals surface area contributed by atoms with Crippen LogP contribution < -0.4 is 0 Å². The van der Waals surface area contributed by atoms with E-state index in [2.05, 4.69) is 9.88 Å². The third-order valence-electron chi connectivity index (χ3n) is 5.57. The minimum atomic E-state index is -0.116. The van der Waals surface area contributed by atoms with Crippen molar-refractivity contribution in [3.8, 4) is 0 Å². The van der Waals surface area contributed by atoms with Gasteiger partial charge in [-0.15, -0.1) is 0 Å². The molecule has 2 heterocycles. The van der Waals surface area contributed by atoms with E-state index in [1.807, 2.05) is 42.4 Å². The number of likely N-dealkylation sites (tertiary alicyclic amines) is 1. The molecule has 0 spiro atoms. The number of piperidine rings is 1. The Hall–Kier alpha value is -2.27. The first-order valence-electron chi connectivity index (χ1n) is 10.2. The molecule has 0 aliphatic carbocycles. The van der Waals surface area contributed by atoms with Crippen LogP contribution >= 0.6 is 0 Å². The van der Waals surface area contributed by atoms with Crippen LogP contribution in [0.15, 0.2) is 48.8 Å². The minimum absolute atomic E-state index is 0.116. The molecule has 5 heteroatoms. The molecule has 150 valence electrons. The zero-order valence-electron chi connectivity index (χ0n) is 16.7. The fourth-order valence-corrected chi connectivity index (χ4v) is 3.96. The summed E-state index contributed by atoms with van der Waals surface area (Å²) in [6.45, 7) is 3.70. The molecular formula is C23H30FN3O. The molecule has 1 aliphatic heterocycles. The molecule has 3 rings (SSSR count). The van der Waals surface area contributed by atoms with Crippen LogP contribution in [-0.2, 0) is 17.6 Å². The van der Waals surface area contributed by atoms with Crippen LogP contribution in [0.5, 0.6) is 0 Å². The summed E-state index contributed by atoms with van der Waals surface area (Å²) in [7, 11) is 1.91. The van der Waals surface area contributed by atoms with Gasteiger partial charge in [-0.25, -0.2) is 4.39 Å². The van der Waals surface area contributed by atoms with Gasteiger partial charge in [0.05, 0.1) is 0 Å². The molecule has 28 heavy (non-hydrogen) atoms. The van der Waals surface area contributed by atoms with Crippen molar-refractivity contribution < 1.29 is 9.18 Å².